The first-order valence-corrected chi connectivity index (χ1v) is 7.37. The van der Waals surface area contributed by atoms with Crippen LogP contribution in [0.4, 0.5) is 0 Å². The van der Waals surface area contributed by atoms with Gasteiger partial charge in [0.15, 0.2) is 0 Å². The molecule has 0 radical (unpaired) electrons. The largest absolute Gasteiger partial charge is 0.480 e. The summed E-state index contributed by atoms with van der Waals surface area (Å²) in [6, 6.07) is 6.58. The Morgan fingerprint density at radius 3 is 2.43 bits per heavy atom. The number of carboxylic acid groups (broad SMARTS) is 1. The van der Waals surface area contributed by atoms with Crippen LogP contribution in [-0.2, 0) is 14.4 Å². The highest BCUT2D eigenvalue weighted by Crippen LogP contribution is 2.17. The monoisotopic (exact) mass is 310 g/mol. The summed E-state index contributed by atoms with van der Waals surface area (Å²) in [7, 11) is 0. The average Bonchev–Trinajstić information content (AvgIpc) is 2.42. The van der Waals surface area contributed by atoms with Gasteiger partial charge in [-0.2, -0.15) is 0 Å². The molecule has 1 aromatic carbocycles. The fourth-order valence-corrected chi connectivity index (χ4v) is 2.27. The van der Waals surface area contributed by atoms with Crippen LogP contribution in [0.2, 0.25) is 0 Å². The van der Waals surface area contributed by atoms with Gasteiger partial charge in [0.05, 0.1) is 5.75 Å². The van der Waals surface area contributed by atoms with Gasteiger partial charge < -0.3 is 16.2 Å². The molecule has 0 aliphatic heterocycles. The number of primary amides is 1. The van der Waals surface area contributed by atoms with E-state index in [1.165, 1.54) is 11.8 Å². The Bertz CT molecular complexity index is 516. The van der Waals surface area contributed by atoms with Gasteiger partial charge in [-0.05, 0) is 25.5 Å². The van der Waals surface area contributed by atoms with Crippen LogP contribution >= 0.6 is 11.8 Å². The van der Waals surface area contributed by atoms with Gasteiger partial charge in [0, 0.05) is 11.3 Å². The van der Waals surface area contributed by atoms with Crippen LogP contribution in [-0.4, -0.2) is 34.7 Å². The Morgan fingerprint density at radius 2 is 1.90 bits per heavy atom. The van der Waals surface area contributed by atoms with Crippen molar-refractivity contribution in [1.82, 2.24) is 5.32 Å². The molecule has 6 nitrogen and oxygen atoms in total. The van der Waals surface area contributed by atoms with Gasteiger partial charge in [-0.15, -0.1) is 11.8 Å². The molecule has 7 heteroatoms. The SMILES string of the molecule is Cc1ccc(SCC(=O)N[C@@H](CCC(N)=O)C(=O)O)cc1. The third-order valence-corrected chi connectivity index (χ3v) is 3.72. The van der Waals surface area contributed by atoms with Crippen molar-refractivity contribution in [2.45, 2.75) is 30.7 Å². The van der Waals surface area contributed by atoms with E-state index in [2.05, 4.69) is 5.32 Å². The molecular weight excluding hydrogens is 292 g/mol. The Balaban J connectivity index is 2.44. The number of thioether (sulfide) groups is 1. The van der Waals surface area contributed by atoms with Crippen molar-refractivity contribution in [2.75, 3.05) is 5.75 Å². The molecule has 0 aromatic heterocycles. The van der Waals surface area contributed by atoms with Crippen LogP contribution in [0.5, 0.6) is 0 Å². The number of hydrogen-bond acceptors (Lipinski definition) is 4. The molecule has 0 bridgehead atoms. The van der Waals surface area contributed by atoms with Gasteiger partial charge >= 0.3 is 5.97 Å². The molecule has 1 aromatic rings. The molecule has 21 heavy (non-hydrogen) atoms. The van der Waals surface area contributed by atoms with Gasteiger partial charge in [-0.3, -0.25) is 9.59 Å². The van der Waals surface area contributed by atoms with E-state index in [0.717, 1.165) is 10.5 Å². The number of carbonyl (C=O) groups is 3. The van der Waals surface area contributed by atoms with E-state index in [9.17, 15) is 14.4 Å². The number of nitrogens with two attached hydrogens (primary N) is 1. The fourth-order valence-electron chi connectivity index (χ4n) is 1.56. The van der Waals surface area contributed by atoms with E-state index in [1.54, 1.807) is 0 Å². The normalized spacial score (nSPS) is 11.7. The number of carboxylic acids is 1. The maximum atomic E-state index is 11.7. The van der Waals surface area contributed by atoms with E-state index in [4.69, 9.17) is 10.8 Å². The maximum Gasteiger partial charge on any atom is 0.326 e. The molecule has 1 rings (SSSR count). The summed E-state index contributed by atoms with van der Waals surface area (Å²) in [6.07, 6.45) is -0.0893. The summed E-state index contributed by atoms with van der Waals surface area (Å²) in [5.41, 5.74) is 6.10. The smallest absolute Gasteiger partial charge is 0.326 e. The van der Waals surface area contributed by atoms with E-state index >= 15 is 0 Å². The zero-order chi connectivity index (χ0) is 15.8. The van der Waals surface area contributed by atoms with Gasteiger partial charge in [0.25, 0.3) is 0 Å². The van der Waals surface area contributed by atoms with Gasteiger partial charge in [-0.1, -0.05) is 17.7 Å². The summed E-state index contributed by atoms with van der Waals surface area (Å²) < 4.78 is 0. The van der Waals surface area contributed by atoms with Crippen molar-refractivity contribution in [2.24, 2.45) is 5.73 Å². The zero-order valence-corrected chi connectivity index (χ0v) is 12.5. The Morgan fingerprint density at radius 1 is 1.29 bits per heavy atom. The third-order valence-electron chi connectivity index (χ3n) is 2.70. The fraction of sp³-hybridized carbons (Fsp3) is 0.357. The molecule has 4 N–H and O–H groups in total. The first-order valence-electron chi connectivity index (χ1n) is 6.38. The average molecular weight is 310 g/mol. The lowest BCUT2D eigenvalue weighted by Crippen LogP contribution is -2.42. The molecule has 2 amide bonds. The number of aliphatic carboxylic acids is 1. The van der Waals surface area contributed by atoms with E-state index < -0.39 is 23.8 Å². The molecule has 0 saturated carbocycles. The van der Waals surface area contributed by atoms with E-state index in [1.807, 2.05) is 31.2 Å². The second kappa shape index (κ2) is 8.31. The van der Waals surface area contributed by atoms with Crippen LogP contribution in [0, 0.1) is 6.92 Å². The van der Waals surface area contributed by atoms with Crippen LogP contribution in [0.15, 0.2) is 29.2 Å². The number of nitrogens with one attached hydrogen (secondary N) is 1. The van der Waals surface area contributed by atoms with Crippen LogP contribution in [0.3, 0.4) is 0 Å². The van der Waals surface area contributed by atoms with Crippen molar-refractivity contribution in [3.8, 4) is 0 Å². The number of amides is 2. The van der Waals surface area contributed by atoms with E-state index in [-0.39, 0.29) is 18.6 Å². The Labute approximate surface area is 127 Å². The van der Waals surface area contributed by atoms with Crippen molar-refractivity contribution >= 4 is 29.5 Å². The lowest BCUT2D eigenvalue weighted by atomic mass is 10.1. The first-order chi connectivity index (χ1) is 9.88. The minimum atomic E-state index is -1.18. The summed E-state index contributed by atoms with van der Waals surface area (Å²) >= 11 is 1.32. The Hall–Kier alpha value is -2.02. The zero-order valence-electron chi connectivity index (χ0n) is 11.7. The topological polar surface area (TPSA) is 109 Å². The molecule has 0 fully saturated rings. The number of carbonyl (C=O) groups excluding carboxylic acids is 2. The minimum Gasteiger partial charge on any atom is -0.480 e. The van der Waals surface area contributed by atoms with Crippen molar-refractivity contribution in [3.05, 3.63) is 29.8 Å². The van der Waals surface area contributed by atoms with Crippen molar-refractivity contribution in [3.63, 3.8) is 0 Å². The summed E-state index contributed by atoms with van der Waals surface area (Å²) in [5.74, 6) is -2.05. The molecule has 0 spiro atoms. The van der Waals surface area contributed by atoms with Crippen molar-refractivity contribution in [1.29, 1.82) is 0 Å². The van der Waals surface area contributed by atoms with Crippen molar-refractivity contribution < 1.29 is 19.5 Å². The van der Waals surface area contributed by atoms with Crippen LogP contribution in [0.1, 0.15) is 18.4 Å². The molecule has 114 valence electrons. The molecule has 1 atom stereocenters. The van der Waals surface area contributed by atoms with Crippen LogP contribution in [0.25, 0.3) is 0 Å². The number of hydrogen-bond donors (Lipinski definition) is 3. The van der Waals surface area contributed by atoms with Gasteiger partial charge in [-0.25, -0.2) is 4.79 Å². The maximum absolute atomic E-state index is 11.7. The summed E-state index contributed by atoms with van der Waals surface area (Å²) in [5, 5.41) is 11.4. The molecule has 0 unspecified atom stereocenters. The predicted octanol–water partition coefficient (Wildman–Crippen LogP) is 0.922. The minimum absolute atomic E-state index is 0.00833. The molecule has 0 heterocycles. The molecule has 0 saturated heterocycles. The number of benzene rings is 1. The van der Waals surface area contributed by atoms with Gasteiger partial charge in [0.2, 0.25) is 11.8 Å². The Kier molecular flexibility index (Phi) is 6.74. The van der Waals surface area contributed by atoms with Crippen LogP contribution < -0.4 is 11.1 Å². The quantitative estimate of drug-likeness (QED) is 0.619. The predicted molar refractivity (Wildman–Crippen MR) is 79.9 cm³/mol. The molecule has 0 aliphatic rings. The molecular formula is C14H18N2O4S. The summed E-state index contributed by atoms with van der Waals surface area (Å²) in [4.78, 5) is 34.3. The third kappa shape index (κ3) is 6.80. The van der Waals surface area contributed by atoms with Gasteiger partial charge in [0.1, 0.15) is 6.04 Å². The number of aryl methyl sites for hydroxylation is 1. The highest BCUT2D eigenvalue weighted by atomic mass is 32.2. The highest BCUT2D eigenvalue weighted by molar-refractivity contribution is 8.00. The number of rotatable bonds is 8. The van der Waals surface area contributed by atoms with E-state index in [0.29, 0.717) is 0 Å². The summed E-state index contributed by atoms with van der Waals surface area (Å²) in [6.45, 7) is 1.97. The highest BCUT2D eigenvalue weighted by Gasteiger charge is 2.20. The lowest BCUT2D eigenvalue weighted by molar-refractivity contribution is -0.141. The second-order valence-electron chi connectivity index (χ2n) is 4.57. The second-order valence-corrected chi connectivity index (χ2v) is 5.61. The first kappa shape index (κ1) is 17.0. The standard InChI is InChI=1S/C14H18N2O4S/c1-9-2-4-10(5-3-9)21-8-13(18)16-11(14(19)20)6-7-12(15)17/h2-5,11H,6-8H2,1H3,(H2,15,17)(H,16,18)(H,19,20)/t11-/m0/s1. The lowest BCUT2D eigenvalue weighted by Gasteiger charge is -2.13. The molecule has 0 aliphatic carbocycles.